The van der Waals surface area contributed by atoms with Crippen molar-refractivity contribution in [3.05, 3.63) is 58.1 Å². The third-order valence-electron chi connectivity index (χ3n) is 6.59. The molecule has 0 saturated heterocycles. The summed E-state index contributed by atoms with van der Waals surface area (Å²) in [4.78, 5) is 28.6. The molecule has 0 bridgehead atoms. The molecule has 8 nitrogen and oxygen atoms in total. The summed E-state index contributed by atoms with van der Waals surface area (Å²) in [6, 6.07) is 10.7. The maximum Gasteiger partial charge on any atom is 0.244 e. The molecule has 1 atom stereocenters. The van der Waals surface area contributed by atoms with Gasteiger partial charge in [0.1, 0.15) is 18.3 Å². The number of sulfonamides is 1. The number of nitrogens with one attached hydrogen (secondary N) is 1. The minimum absolute atomic E-state index is 0.0468. The van der Waals surface area contributed by atoms with Gasteiger partial charge >= 0.3 is 0 Å². The summed E-state index contributed by atoms with van der Waals surface area (Å²) in [7, 11) is -3.84. The molecule has 0 heterocycles. The molecule has 1 aliphatic rings. The number of amides is 2. The van der Waals surface area contributed by atoms with Crippen LogP contribution in [0.5, 0.6) is 5.75 Å². The van der Waals surface area contributed by atoms with E-state index in [0.29, 0.717) is 40.1 Å². The van der Waals surface area contributed by atoms with Crippen molar-refractivity contribution in [2.75, 3.05) is 23.7 Å². The van der Waals surface area contributed by atoms with Gasteiger partial charge in [0, 0.05) is 28.2 Å². The van der Waals surface area contributed by atoms with Gasteiger partial charge < -0.3 is 15.0 Å². The number of ether oxygens (including phenoxy) is 1. The van der Waals surface area contributed by atoms with E-state index in [0.717, 1.165) is 36.2 Å². The zero-order valence-electron chi connectivity index (χ0n) is 22.0. The number of anilines is 1. The van der Waals surface area contributed by atoms with Gasteiger partial charge in [-0.2, -0.15) is 0 Å². The first-order valence-corrected chi connectivity index (χ1v) is 15.4. The number of rotatable bonds is 12. The number of carbonyl (C=O) groups excluding carboxylic acids is 2. The van der Waals surface area contributed by atoms with Gasteiger partial charge in [0.05, 0.1) is 18.6 Å². The van der Waals surface area contributed by atoms with E-state index in [4.69, 9.17) is 27.9 Å². The predicted octanol–water partition coefficient (Wildman–Crippen LogP) is 5.02. The van der Waals surface area contributed by atoms with Crippen LogP contribution in [-0.2, 0) is 26.2 Å². The average molecular weight is 585 g/mol. The quantitative estimate of drug-likeness (QED) is 0.378. The highest BCUT2D eigenvalue weighted by atomic mass is 35.5. The Morgan fingerprint density at radius 1 is 1.05 bits per heavy atom. The molecule has 11 heteroatoms. The normalized spacial score (nSPS) is 14.7. The fourth-order valence-corrected chi connectivity index (χ4v) is 6.00. The number of hydrogen-bond acceptors (Lipinski definition) is 5. The monoisotopic (exact) mass is 583 g/mol. The molecule has 0 aromatic heterocycles. The van der Waals surface area contributed by atoms with E-state index >= 15 is 0 Å². The molecule has 2 aromatic rings. The largest absolute Gasteiger partial charge is 0.494 e. The third kappa shape index (κ3) is 7.77. The van der Waals surface area contributed by atoms with Crippen LogP contribution in [0.15, 0.2) is 42.5 Å². The highest BCUT2D eigenvalue weighted by Crippen LogP contribution is 2.28. The van der Waals surface area contributed by atoms with Crippen LogP contribution in [0.4, 0.5) is 5.69 Å². The average Bonchev–Trinajstić information content (AvgIpc) is 3.37. The van der Waals surface area contributed by atoms with Crippen LogP contribution < -0.4 is 14.4 Å². The summed E-state index contributed by atoms with van der Waals surface area (Å²) >= 11 is 12.8. The van der Waals surface area contributed by atoms with E-state index in [1.165, 1.54) is 4.90 Å². The summed E-state index contributed by atoms with van der Waals surface area (Å²) in [5.41, 5.74) is 0.798. The van der Waals surface area contributed by atoms with Gasteiger partial charge in [-0.3, -0.25) is 13.9 Å². The molecule has 0 unspecified atom stereocenters. The van der Waals surface area contributed by atoms with Crippen LogP contribution in [0.1, 0.15) is 51.5 Å². The van der Waals surface area contributed by atoms with Crippen LogP contribution >= 0.6 is 23.2 Å². The SMILES string of the molecule is CCOc1ccc(N(CC(=O)N(Cc2c(Cl)cccc2Cl)[C@H](CC)C(=O)NC2CCCC2)S(C)(=O)=O)cc1. The smallest absolute Gasteiger partial charge is 0.244 e. The molecular formula is C27H35Cl2N3O5S. The summed E-state index contributed by atoms with van der Waals surface area (Å²) < 4.78 is 32.0. The van der Waals surface area contributed by atoms with Gasteiger partial charge in [-0.15, -0.1) is 0 Å². The predicted molar refractivity (Wildman–Crippen MR) is 151 cm³/mol. The highest BCUT2D eigenvalue weighted by Gasteiger charge is 2.33. The van der Waals surface area contributed by atoms with E-state index in [1.54, 1.807) is 42.5 Å². The van der Waals surface area contributed by atoms with Crippen molar-refractivity contribution < 1.29 is 22.7 Å². The molecule has 0 aliphatic heterocycles. The molecule has 2 aromatic carbocycles. The molecule has 0 radical (unpaired) electrons. The lowest BCUT2D eigenvalue weighted by molar-refractivity contribution is -0.140. The highest BCUT2D eigenvalue weighted by molar-refractivity contribution is 7.92. The topological polar surface area (TPSA) is 96.0 Å². The van der Waals surface area contributed by atoms with E-state index < -0.39 is 28.5 Å². The molecular weight excluding hydrogens is 549 g/mol. The summed E-state index contributed by atoms with van der Waals surface area (Å²) in [6.45, 7) is 3.59. The Morgan fingerprint density at radius 3 is 2.18 bits per heavy atom. The minimum Gasteiger partial charge on any atom is -0.494 e. The first-order chi connectivity index (χ1) is 18.0. The molecule has 1 N–H and O–H groups in total. The number of nitrogens with zero attached hydrogens (tertiary/aromatic N) is 2. The second-order valence-electron chi connectivity index (χ2n) is 9.33. The molecule has 38 heavy (non-hydrogen) atoms. The van der Waals surface area contributed by atoms with Crippen LogP contribution in [0.25, 0.3) is 0 Å². The molecule has 2 amide bonds. The third-order valence-corrected chi connectivity index (χ3v) is 8.44. The molecule has 1 saturated carbocycles. The van der Waals surface area contributed by atoms with E-state index in [-0.39, 0.29) is 18.5 Å². The van der Waals surface area contributed by atoms with Crippen molar-refractivity contribution in [1.29, 1.82) is 0 Å². The van der Waals surface area contributed by atoms with Crippen molar-refractivity contribution in [3.63, 3.8) is 0 Å². The first-order valence-electron chi connectivity index (χ1n) is 12.8. The van der Waals surface area contributed by atoms with Crippen LogP contribution in [0, 0.1) is 0 Å². The Labute approximate surface area is 235 Å². The standard InChI is InChI=1S/C27H35Cl2N3O5S/c1-4-25(27(34)30-19-9-6-7-10-19)31(17-22-23(28)11-8-12-24(22)29)26(33)18-32(38(3,35)36)20-13-15-21(16-14-20)37-5-2/h8,11-16,19,25H,4-7,9-10,17-18H2,1-3H3,(H,30,34)/t25-/m1/s1. The summed E-state index contributed by atoms with van der Waals surface area (Å²) in [5.74, 6) is -0.239. The van der Waals surface area contributed by atoms with Gasteiger partial charge in [-0.25, -0.2) is 8.42 Å². The van der Waals surface area contributed by atoms with Gasteiger partial charge in [0.2, 0.25) is 21.8 Å². The number of benzene rings is 2. The molecule has 1 aliphatic carbocycles. The lowest BCUT2D eigenvalue weighted by Crippen LogP contribution is -2.53. The zero-order chi connectivity index (χ0) is 27.9. The van der Waals surface area contributed by atoms with Gasteiger partial charge in [0.15, 0.2) is 0 Å². The van der Waals surface area contributed by atoms with Crippen LogP contribution in [0.2, 0.25) is 10.0 Å². The minimum atomic E-state index is -3.84. The van der Waals surface area contributed by atoms with Crippen molar-refractivity contribution >= 4 is 50.7 Å². The van der Waals surface area contributed by atoms with Crippen molar-refractivity contribution in [1.82, 2.24) is 10.2 Å². The maximum atomic E-state index is 13.8. The van der Waals surface area contributed by atoms with Crippen LogP contribution in [-0.4, -0.2) is 56.6 Å². The molecule has 3 rings (SSSR count). The van der Waals surface area contributed by atoms with E-state index in [2.05, 4.69) is 5.32 Å². The maximum absolute atomic E-state index is 13.8. The van der Waals surface area contributed by atoms with Gasteiger partial charge in [-0.05, 0) is 62.6 Å². The van der Waals surface area contributed by atoms with Gasteiger partial charge in [-0.1, -0.05) is 49.0 Å². The Hall–Kier alpha value is -2.49. The second kappa shape index (κ2) is 13.5. The Bertz CT molecular complexity index is 1200. The zero-order valence-corrected chi connectivity index (χ0v) is 24.3. The van der Waals surface area contributed by atoms with E-state index in [9.17, 15) is 18.0 Å². The van der Waals surface area contributed by atoms with Gasteiger partial charge in [0.25, 0.3) is 0 Å². The molecule has 1 fully saturated rings. The molecule has 208 valence electrons. The van der Waals surface area contributed by atoms with Crippen molar-refractivity contribution in [3.8, 4) is 5.75 Å². The second-order valence-corrected chi connectivity index (χ2v) is 12.1. The summed E-state index contributed by atoms with van der Waals surface area (Å²) in [5, 5.41) is 3.78. The number of halogens is 2. The lowest BCUT2D eigenvalue weighted by atomic mass is 10.1. The van der Waals surface area contributed by atoms with Crippen LogP contribution in [0.3, 0.4) is 0 Å². The Morgan fingerprint density at radius 2 is 1.66 bits per heavy atom. The number of hydrogen-bond donors (Lipinski definition) is 1. The fraction of sp³-hybridized carbons (Fsp3) is 0.481. The summed E-state index contributed by atoms with van der Waals surface area (Å²) in [6.07, 6.45) is 5.25. The molecule has 0 spiro atoms. The Kier molecular flexibility index (Phi) is 10.7. The Balaban J connectivity index is 1.94. The number of carbonyl (C=O) groups is 2. The fourth-order valence-electron chi connectivity index (χ4n) is 4.63. The lowest BCUT2D eigenvalue weighted by Gasteiger charge is -2.33. The first kappa shape index (κ1) is 30.1. The van der Waals surface area contributed by atoms with Crippen molar-refractivity contribution in [2.24, 2.45) is 0 Å². The van der Waals surface area contributed by atoms with Crippen molar-refractivity contribution in [2.45, 2.75) is 64.6 Å². The van der Waals surface area contributed by atoms with E-state index in [1.807, 2.05) is 13.8 Å².